The van der Waals surface area contributed by atoms with Gasteiger partial charge in [-0.2, -0.15) is 13.2 Å². The van der Waals surface area contributed by atoms with E-state index in [4.69, 9.17) is 0 Å². The highest BCUT2D eigenvalue weighted by Crippen LogP contribution is 2.51. The summed E-state index contributed by atoms with van der Waals surface area (Å²) in [6.45, 7) is 4.60. The number of nitrogens with one attached hydrogen (secondary N) is 1. The third kappa shape index (κ3) is 3.05. The number of hydrogen-bond acceptors (Lipinski definition) is 1. The average molecular weight is 257 g/mol. The number of halogens is 3. The lowest BCUT2D eigenvalue weighted by Gasteiger charge is -2.22. The summed E-state index contributed by atoms with van der Waals surface area (Å²) in [5.74, 6) is 0.353. The molecule has 0 bridgehead atoms. The van der Waals surface area contributed by atoms with E-state index in [0.29, 0.717) is 12.5 Å². The second-order valence-electron chi connectivity index (χ2n) is 5.68. The lowest BCUT2D eigenvalue weighted by Crippen LogP contribution is -2.35. The molecule has 0 spiro atoms. The fourth-order valence-corrected chi connectivity index (χ4v) is 2.25. The summed E-state index contributed by atoms with van der Waals surface area (Å²) in [4.78, 5) is 0. The van der Waals surface area contributed by atoms with E-state index in [2.05, 4.69) is 19.2 Å². The molecule has 2 unspecified atom stereocenters. The molecule has 0 saturated heterocycles. The van der Waals surface area contributed by atoms with Gasteiger partial charge in [-0.3, -0.25) is 0 Å². The molecule has 100 valence electrons. The SMILES string of the molecule is CC1(C)CC1CNC(c1ccccc1)C(F)(F)F. The molecule has 2 rings (SSSR count). The predicted octanol–water partition coefficient (Wildman–Crippen LogP) is 3.93. The molecule has 0 heterocycles. The minimum absolute atomic E-state index is 0.194. The van der Waals surface area contributed by atoms with Crippen LogP contribution < -0.4 is 5.32 Å². The Labute approximate surface area is 105 Å². The van der Waals surface area contributed by atoms with Gasteiger partial charge < -0.3 is 5.32 Å². The topological polar surface area (TPSA) is 12.0 Å². The molecule has 1 N–H and O–H groups in total. The van der Waals surface area contributed by atoms with Crippen LogP contribution in [-0.2, 0) is 0 Å². The van der Waals surface area contributed by atoms with Crippen LogP contribution in [0.25, 0.3) is 0 Å². The molecule has 0 radical (unpaired) electrons. The van der Waals surface area contributed by atoms with Gasteiger partial charge in [0, 0.05) is 0 Å². The van der Waals surface area contributed by atoms with Gasteiger partial charge in [-0.05, 0) is 29.9 Å². The van der Waals surface area contributed by atoms with Crippen molar-refractivity contribution in [2.24, 2.45) is 11.3 Å². The van der Waals surface area contributed by atoms with Gasteiger partial charge >= 0.3 is 6.18 Å². The van der Waals surface area contributed by atoms with Crippen LogP contribution in [0, 0.1) is 11.3 Å². The third-order valence-electron chi connectivity index (χ3n) is 3.75. The summed E-state index contributed by atoms with van der Waals surface area (Å²) < 4.78 is 39.0. The molecule has 1 saturated carbocycles. The van der Waals surface area contributed by atoms with E-state index in [0.717, 1.165) is 6.42 Å². The Morgan fingerprint density at radius 2 is 1.83 bits per heavy atom. The highest BCUT2D eigenvalue weighted by atomic mass is 19.4. The van der Waals surface area contributed by atoms with Crippen LogP contribution in [-0.4, -0.2) is 12.7 Å². The van der Waals surface area contributed by atoms with Gasteiger partial charge in [-0.1, -0.05) is 44.2 Å². The summed E-state index contributed by atoms with van der Waals surface area (Å²) >= 11 is 0. The first-order valence-electron chi connectivity index (χ1n) is 6.16. The Bertz CT molecular complexity index is 397. The van der Waals surface area contributed by atoms with Crippen molar-refractivity contribution in [2.75, 3.05) is 6.54 Å². The molecule has 18 heavy (non-hydrogen) atoms. The molecule has 1 aromatic rings. The number of rotatable bonds is 4. The van der Waals surface area contributed by atoms with E-state index in [1.807, 2.05) is 0 Å². The van der Waals surface area contributed by atoms with Crippen molar-refractivity contribution >= 4 is 0 Å². The van der Waals surface area contributed by atoms with E-state index in [1.165, 1.54) is 12.1 Å². The van der Waals surface area contributed by atoms with Crippen molar-refractivity contribution in [3.8, 4) is 0 Å². The van der Waals surface area contributed by atoms with E-state index in [9.17, 15) is 13.2 Å². The predicted molar refractivity (Wildman–Crippen MR) is 65.1 cm³/mol. The van der Waals surface area contributed by atoms with Crippen LogP contribution in [0.2, 0.25) is 0 Å². The zero-order chi connectivity index (χ0) is 13.4. The zero-order valence-electron chi connectivity index (χ0n) is 10.6. The minimum Gasteiger partial charge on any atom is -0.302 e. The lowest BCUT2D eigenvalue weighted by atomic mass is 10.1. The number of hydrogen-bond donors (Lipinski definition) is 1. The van der Waals surface area contributed by atoms with Crippen molar-refractivity contribution in [1.82, 2.24) is 5.32 Å². The molecule has 0 aliphatic heterocycles. The quantitative estimate of drug-likeness (QED) is 0.861. The van der Waals surface area contributed by atoms with Crippen molar-refractivity contribution in [3.05, 3.63) is 35.9 Å². The molecule has 2 atom stereocenters. The molecule has 1 nitrogen and oxygen atoms in total. The first kappa shape index (κ1) is 13.4. The van der Waals surface area contributed by atoms with Gasteiger partial charge in [0.2, 0.25) is 0 Å². The smallest absolute Gasteiger partial charge is 0.302 e. The van der Waals surface area contributed by atoms with Crippen LogP contribution >= 0.6 is 0 Å². The van der Waals surface area contributed by atoms with Crippen molar-refractivity contribution < 1.29 is 13.2 Å². The Morgan fingerprint density at radius 3 is 2.28 bits per heavy atom. The maximum Gasteiger partial charge on any atom is 0.407 e. The summed E-state index contributed by atoms with van der Waals surface area (Å²) in [7, 11) is 0. The molecule has 0 aromatic heterocycles. The summed E-state index contributed by atoms with van der Waals surface area (Å²) in [6.07, 6.45) is -3.25. The average Bonchev–Trinajstić information content (AvgIpc) is 2.86. The van der Waals surface area contributed by atoms with Gasteiger partial charge in [-0.15, -0.1) is 0 Å². The summed E-state index contributed by atoms with van der Waals surface area (Å²) in [5, 5.41) is 2.67. The fraction of sp³-hybridized carbons (Fsp3) is 0.571. The first-order valence-corrected chi connectivity index (χ1v) is 6.16. The fourth-order valence-electron chi connectivity index (χ4n) is 2.25. The standard InChI is InChI=1S/C14H18F3N/c1-13(2)8-11(13)9-18-12(14(15,16)17)10-6-4-3-5-7-10/h3-7,11-12,18H,8-9H2,1-2H3. The van der Waals surface area contributed by atoms with Gasteiger partial charge in [0.05, 0.1) is 0 Å². The molecule has 1 aromatic carbocycles. The van der Waals surface area contributed by atoms with Crippen LogP contribution in [0.5, 0.6) is 0 Å². The van der Waals surface area contributed by atoms with Crippen LogP contribution in [0.3, 0.4) is 0 Å². The molecule has 0 amide bonds. The monoisotopic (exact) mass is 257 g/mol. The minimum atomic E-state index is -4.25. The van der Waals surface area contributed by atoms with E-state index in [-0.39, 0.29) is 11.0 Å². The highest BCUT2D eigenvalue weighted by molar-refractivity contribution is 5.20. The molecule has 1 fully saturated rings. The Hall–Kier alpha value is -1.03. The molecular weight excluding hydrogens is 239 g/mol. The van der Waals surface area contributed by atoms with Crippen LogP contribution in [0.1, 0.15) is 31.9 Å². The summed E-state index contributed by atoms with van der Waals surface area (Å²) in [5.41, 5.74) is 0.475. The number of alkyl halides is 3. The maximum absolute atomic E-state index is 13.0. The molecular formula is C14H18F3N. The number of benzene rings is 1. The molecule has 1 aliphatic carbocycles. The van der Waals surface area contributed by atoms with Gasteiger partial charge in [0.1, 0.15) is 6.04 Å². The Balaban J connectivity index is 2.03. The van der Waals surface area contributed by atoms with Gasteiger partial charge in [0.25, 0.3) is 0 Å². The van der Waals surface area contributed by atoms with Crippen molar-refractivity contribution in [3.63, 3.8) is 0 Å². The maximum atomic E-state index is 13.0. The zero-order valence-corrected chi connectivity index (χ0v) is 10.6. The first-order chi connectivity index (χ1) is 8.31. The Morgan fingerprint density at radius 1 is 1.28 bits per heavy atom. The highest BCUT2D eigenvalue weighted by Gasteiger charge is 2.47. The third-order valence-corrected chi connectivity index (χ3v) is 3.75. The van der Waals surface area contributed by atoms with Gasteiger partial charge in [-0.25, -0.2) is 0 Å². The Kier molecular flexibility index (Phi) is 3.41. The lowest BCUT2D eigenvalue weighted by molar-refractivity contribution is -0.157. The molecule has 1 aliphatic rings. The van der Waals surface area contributed by atoms with Crippen LogP contribution in [0.4, 0.5) is 13.2 Å². The van der Waals surface area contributed by atoms with Gasteiger partial charge in [0.15, 0.2) is 0 Å². The summed E-state index contributed by atoms with van der Waals surface area (Å²) in [6, 6.07) is 6.47. The second-order valence-corrected chi connectivity index (χ2v) is 5.68. The van der Waals surface area contributed by atoms with E-state index < -0.39 is 12.2 Å². The van der Waals surface area contributed by atoms with Crippen LogP contribution in [0.15, 0.2) is 30.3 Å². The normalized spacial score (nSPS) is 23.7. The van der Waals surface area contributed by atoms with Crippen molar-refractivity contribution in [2.45, 2.75) is 32.5 Å². The van der Waals surface area contributed by atoms with E-state index in [1.54, 1.807) is 18.2 Å². The second kappa shape index (κ2) is 4.57. The van der Waals surface area contributed by atoms with E-state index >= 15 is 0 Å². The molecule has 4 heteroatoms. The van der Waals surface area contributed by atoms with Crippen molar-refractivity contribution in [1.29, 1.82) is 0 Å². The largest absolute Gasteiger partial charge is 0.407 e.